The van der Waals surface area contributed by atoms with Crippen LogP contribution in [0.2, 0.25) is 5.02 Å². The lowest BCUT2D eigenvalue weighted by atomic mass is 10.1. The third kappa shape index (κ3) is 7.14. The van der Waals surface area contributed by atoms with Crippen LogP contribution in [0.4, 0.5) is 0 Å². The predicted octanol–water partition coefficient (Wildman–Crippen LogP) is 2.93. The average Bonchev–Trinajstić information content (AvgIpc) is 2.64. The number of sulfone groups is 1. The summed E-state index contributed by atoms with van der Waals surface area (Å²) in [6, 6.07) is 12.9. The summed E-state index contributed by atoms with van der Waals surface area (Å²) >= 11 is 5.86. The molecule has 0 aliphatic rings. The van der Waals surface area contributed by atoms with Crippen molar-refractivity contribution in [3.63, 3.8) is 0 Å². The number of ether oxygens (including phenoxy) is 1. The van der Waals surface area contributed by atoms with Crippen LogP contribution < -0.4 is 10.6 Å². The van der Waals surface area contributed by atoms with Gasteiger partial charge in [-0.15, -0.1) is 0 Å². The van der Waals surface area contributed by atoms with Crippen LogP contribution in [0.3, 0.4) is 0 Å². The molecule has 0 saturated carbocycles. The Hall–Kier alpha value is -2.09. The smallest absolute Gasteiger partial charge is 0.191 e. The molecular weight excluding hydrogens is 398 g/mol. The van der Waals surface area contributed by atoms with Crippen LogP contribution in [0.25, 0.3) is 0 Å². The molecule has 0 atom stereocenters. The number of hydrogen-bond donors (Lipinski definition) is 2. The van der Waals surface area contributed by atoms with E-state index in [-0.39, 0.29) is 0 Å². The summed E-state index contributed by atoms with van der Waals surface area (Å²) < 4.78 is 29.0. The van der Waals surface area contributed by atoms with E-state index < -0.39 is 9.84 Å². The third-order valence-electron chi connectivity index (χ3n) is 4.04. The van der Waals surface area contributed by atoms with E-state index >= 15 is 0 Å². The second-order valence-electron chi connectivity index (χ2n) is 6.40. The van der Waals surface area contributed by atoms with Gasteiger partial charge in [-0.3, -0.25) is 4.99 Å². The lowest BCUT2D eigenvalue weighted by Crippen LogP contribution is -2.38. The molecule has 152 valence electrons. The first-order valence-electron chi connectivity index (χ1n) is 8.86. The van der Waals surface area contributed by atoms with E-state index in [1.165, 1.54) is 6.26 Å². The molecule has 0 aliphatic carbocycles. The van der Waals surface area contributed by atoms with Crippen LogP contribution in [0, 0.1) is 6.92 Å². The molecule has 28 heavy (non-hydrogen) atoms. The van der Waals surface area contributed by atoms with Gasteiger partial charge in [0.2, 0.25) is 0 Å². The number of rotatable bonds is 8. The second kappa shape index (κ2) is 10.5. The fourth-order valence-electron chi connectivity index (χ4n) is 2.66. The monoisotopic (exact) mass is 423 g/mol. The molecular formula is C20H26ClN3O3S. The van der Waals surface area contributed by atoms with Crippen molar-refractivity contribution >= 4 is 27.4 Å². The van der Waals surface area contributed by atoms with Gasteiger partial charge in [0.25, 0.3) is 0 Å². The van der Waals surface area contributed by atoms with Gasteiger partial charge in [-0.25, -0.2) is 8.42 Å². The first kappa shape index (κ1) is 22.2. The maximum absolute atomic E-state index is 11.7. The lowest BCUT2D eigenvalue weighted by molar-refractivity contribution is 0.125. The van der Waals surface area contributed by atoms with E-state index in [0.29, 0.717) is 42.2 Å². The molecule has 6 nitrogen and oxygen atoms in total. The molecule has 0 radical (unpaired) electrons. The molecule has 0 aliphatic heterocycles. The normalized spacial score (nSPS) is 12.1. The molecule has 0 bridgehead atoms. The zero-order valence-corrected chi connectivity index (χ0v) is 17.9. The van der Waals surface area contributed by atoms with Crippen molar-refractivity contribution in [3.05, 3.63) is 64.2 Å². The average molecular weight is 424 g/mol. The fourth-order valence-corrected chi connectivity index (χ4v) is 3.74. The van der Waals surface area contributed by atoms with Gasteiger partial charge in [0.1, 0.15) is 0 Å². The van der Waals surface area contributed by atoms with E-state index in [1.54, 1.807) is 26.1 Å². The molecule has 0 amide bonds. The zero-order valence-electron chi connectivity index (χ0n) is 16.3. The summed E-state index contributed by atoms with van der Waals surface area (Å²) in [5.74, 6) is 0.653. The molecule has 0 spiro atoms. The van der Waals surface area contributed by atoms with Crippen LogP contribution in [0.5, 0.6) is 0 Å². The molecule has 0 saturated heterocycles. The number of guanidine groups is 1. The summed E-state index contributed by atoms with van der Waals surface area (Å²) in [5, 5.41) is 7.10. The van der Waals surface area contributed by atoms with Crippen molar-refractivity contribution < 1.29 is 13.2 Å². The fraction of sp³-hybridized carbons (Fsp3) is 0.350. The van der Waals surface area contributed by atoms with Crippen LogP contribution in [-0.4, -0.2) is 40.8 Å². The van der Waals surface area contributed by atoms with Gasteiger partial charge in [-0.1, -0.05) is 35.9 Å². The molecule has 2 aromatic rings. The summed E-state index contributed by atoms with van der Waals surface area (Å²) in [6.07, 6.45) is 1.22. The van der Waals surface area contributed by atoms with Crippen LogP contribution in [0.1, 0.15) is 16.7 Å². The first-order chi connectivity index (χ1) is 13.3. The Morgan fingerprint density at radius 3 is 2.39 bits per heavy atom. The molecule has 0 unspecified atom stereocenters. The Labute approximate surface area is 171 Å². The summed E-state index contributed by atoms with van der Waals surface area (Å²) in [7, 11) is -1.51. The maximum atomic E-state index is 11.7. The van der Waals surface area contributed by atoms with E-state index in [1.807, 2.05) is 30.3 Å². The highest BCUT2D eigenvalue weighted by Gasteiger charge is 2.10. The first-order valence-corrected chi connectivity index (χ1v) is 11.1. The minimum absolute atomic E-state index is 0.358. The van der Waals surface area contributed by atoms with E-state index in [2.05, 4.69) is 15.6 Å². The highest BCUT2D eigenvalue weighted by molar-refractivity contribution is 7.90. The van der Waals surface area contributed by atoms with Crippen molar-refractivity contribution in [2.45, 2.75) is 25.0 Å². The Balaban J connectivity index is 1.74. The van der Waals surface area contributed by atoms with Crippen molar-refractivity contribution in [1.29, 1.82) is 0 Å². The van der Waals surface area contributed by atoms with Crippen LogP contribution in [0.15, 0.2) is 52.4 Å². The number of nitrogens with one attached hydrogen (secondary N) is 2. The van der Waals surface area contributed by atoms with Gasteiger partial charge in [0, 0.05) is 31.4 Å². The Morgan fingerprint density at radius 1 is 1.11 bits per heavy atom. The summed E-state index contributed by atoms with van der Waals surface area (Å²) in [4.78, 5) is 4.53. The molecule has 8 heteroatoms. The van der Waals surface area contributed by atoms with Gasteiger partial charge in [0.15, 0.2) is 15.8 Å². The Kier molecular flexibility index (Phi) is 8.29. The number of aryl methyl sites for hydroxylation is 1. The van der Waals surface area contributed by atoms with Crippen molar-refractivity contribution in [3.8, 4) is 0 Å². The minimum atomic E-state index is -3.20. The number of nitrogens with zero attached hydrogens (tertiary/aromatic N) is 1. The molecule has 0 fully saturated rings. The lowest BCUT2D eigenvalue weighted by Gasteiger charge is -2.13. The minimum Gasteiger partial charge on any atom is -0.375 e. The number of hydrogen-bond acceptors (Lipinski definition) is 4. The third-order valence-corrected chi connectivity index (χ3v) is 5.55. The van der Waals surface area contributed by atoms with Crippen molar-refractivity contribution in [2.24, 2.45) is 4.99 Å². The number of aliphatic imine (C=N–C) groups is 1. The molecule has 2 rings (SSSR count). The Morgan fingerprint density at radius 2 is 1.79 bits per heavy atom. The van der Waals surface area contributed by atoms with Crippen LogP contribution in [-0.2, 0) is 27.7 Å². The predicted molar refractivity (Wildman–Crippen MR) is 114 cm³/mol. The van der Waals surface area contributed by atoms with E-state index in [9.17, 15) is 8.42 Å². The van der Waals surface area contributed by atoms with Gasteiger partial charge < -0.3 is 15.4 Å². The second-order valence-corrected chi connectivity index (χ2v) is 8.82. The number of benzene rings is 2. The largest absolute Gasteiger partial charge is 0.375 e. The SMILES string of the molecule is CN=C(NCCOCc1ccc(Cl)cc1)NCc1ccc(S(C)(=O)=O)c(C)c1. The van der Waals surface area contributed by atoms with Gasteiger partial charge in [-0.2, -0.15) is 0 Å². The van der Waals surface area contributed by atoms with Gasteiger partial charge >= 0.3 is 0 Å². The van der Waals surface area contributed by atoms with Crippen molar-refractivity contribution in [2.75, 3.05) is 26.5 Å². The zero-order chi connectivity index (χ0) is 20.6. The topological polar surface area (TPSA) is 79.8 Å². The highest BCUT2D eigenvalue weighted by atomic mass is 35.5. The summed E-state index contributed by atoms with van der Waals surface area (Å²) in [6.45, 7) is 4.00. The highest BCUT2D eigenvalue weighted by Crippen LogP contribution is 2.16. The standard InChI is InChI=1S/C20H26ClN3O3S/c1-15-12-17(6-9-19(15)28(3,25)26)13-24-20(22-2)23-10-11-27-14-16-4-7-18(21)8-5-16/h4-9,12H,10-11,13-14H2,1-3H3,(H2,22,23,24). The van der Waals surface area contributed by atoms with E-state index in [4.69, 9.17) is 16.3 Å². The van der Waals surface area contributed by atoms with Gasteiger partial charge in [0.05, 0.1) is 18.1 Å². The van der Waals surface area contributed by atoms with E-state index in [0.717, 1.165) is 16.7 Å². The quantitative estimate of drug-likeness (QED) is 0.387. The molecule has 2 N–H and O–H groups in total. The molecule has 0 heterocycles. The number of halogens is 1. The molecule has 2 aromatic carbocycles. The Bertz CT molecular complexity index is 913. The van der Waals surface area contributed by atoms with Crippen LogP contribution >= 0.6 is 11.6 Å². The van der Waals surface area contributed by atoms with Crippen molar-refractivity contribution in [1.82, 2.24) is 10.6 Å². The van der Waals surface area contributed by atoms with Gasteiger partial charge in [-0.05, 0) is 41.8 Å². The molecule has 0 aromatic heterocycles. The summed E-state index contributed by atoms with van der Waals surface area (Å²) in [5.41, 5.74) is 2.78. The maximum Gasteiger partial charge on any atom is 0.191 e.